The summed E-state index contributed by atoms with van der Waals surface area (Å²) < 4.78 is 5.70. The first-order valence-electron chi connectivity index (χ1n) is 9.99. The van der Waals surface area contributed by atoms with E-state index in [-0.39, 0.29) is 18.9 Å². The van der Waals surface area contributed by atoms with Crippen LogP contribution in [0.15, 0.2) is 46.9 Å². The third kappa shape index (κ3) is 4.02. The largest absolute Gasteiger partial charge is 0.480 e. The molecule has 0 bridgehead atoms. The molecule has 0 aliphatic heterocycles. The third-order valence-electron chi connectivity index (χ3n) is 5.19. The van der Waals surface area contributed by atoms with Crippen LogP contribution in [0.3, 0.4) is 0 Å². The van der Waals surface area contributed by atoms with E-state index in [0.717, 1.165) is 21.8 Å². The van der Waals surface area contributed by atoms with E-state index in [1.807, 2.05) is 30.3 Å². The lowest BCUT2D eigenvalue weighted by Gasteiger charge is -2.17. The summed E-state index contributed by atoms with van der Waals surface area (Å²) in [7, 11) is 0. The van der Waals surface area contributed by atoms with Crippen molar-refractivity contribution in [2.24, 2.45) is 5.92 Å². The van der Waals surface area contributed by atoms with Gasteiger partial charge in [0.25, 0.3) is 0 Å². The molecule has 3 aromatic heterocycles. The molecule has 4 aromatic rings. The van der Waals surface area contributed by atoms with Gasteiger partial charge in [-0.25, -0.2) is 9.78 Å². The predicted octanol–water partition coefficient (Wildman–Crippen LogP) is 3.24. The number of hydrogen-bond donors (Lipinski definition) is 4. The summed E-state index contributed by atoms with van der Waals surface area (Å²) in [5.41, 5.74) is 2.69. The molecule has 0 aliphatic rings. The number of rotatable bonds is 7. The van der Waals surface area contributed by atoms with Crippen molar-refractivity contribution in [2.45, 2.75) is 32.9 Å². The number of para-hydroxylation sites is 1. The van der Waals surface area contributed by atoms with Gasteiger partial charge in [-0.05, 0) is 30.2 Å². The van der Waals surface area contributed by atoms with E-state index in [9.17, 15) is 19.8 Å². The third-order valence-corrected chi connectivity index (χ3v) is 5.19. The maximum absolute atomic E-state index is 12.6. The lowest BCUT2D eigenvalue weighted by Crippen LogP contribution is -2.45. The van der Waals surface area contributed by atoms with Gasteiger partial charge in [-0.2, -0.15) is 0 Å². The summed E-state index contributed by atoms with van der Waals surface area (Å²) in [5, 5.41) is 23.1. The number of fused-ring (bicyclic) bond motifs is 3. The van der Waals surface area contributed by atoms with Crippen molar-refractivity contribution in [3.63, 3.8) is 0 Å². The second-order valence-electron chi connectivity index (χ2n) is 7.78. The monoisotopic (exact) mass is 421 g/mol. The maximum Gasteiger partial charge on any atom is 0.326 e. The minimum absolute atomic E-state index is 0.0769. The first kappa shape index (κ1) is 20.6. The molecule has 1 atom stereocenters. The SMILES string of the molecule is CC(C)C(NC(=O)Cc1cc2c([nH]c3ccccc32)c(-c2ccc(CO)o2)n1)C(=O)O. The van der Waals surface area contributed by atoms with E-state index in [1.165, 1.54) is 0 Å². The van der Waals surface area contributed by atoms with Crippen LogP contribution < -0.4 is 5.32 Å². The quantitative estimate of drug-likeness (QED) is 0.363. The van der Waals surface area contributed by atoms with Crippen molar-refractivity contribution in [3.8, 4) is 11.5 Å². The number of furan rings is 1. The van der Waals surface area contributed by atoms with Crippen LogP contribution in [0, 0.1) is 5.92 Å². The molecule has 0 saturated carbocycles. The molecule has 4 N–H and O–H groups in total. The summed E-state index contributed by atoms with van der Waals surface area (Å²) in [6.45, 7) is 3.25. The van der Waals surface area contributed by atoms with Crippen LogP contribution in [-0.4, -0.2) is 38.1 Å². The summed E-state index contributed by atoms with van der Waals surface area (Å²) in [5.74, 6) is -0.870. The number of nitrogens with one attached hydrogen (secondary N) is 2. The summed E-state index contributed by atoms with van der Waals surface area (Å²) in [4.78, 5) is 32.0. The Kier molecular flexibility index (Phi) is 5.48. The van der Waals surface area contributed by atoms with Gasteiger partial charge in [0, 0.05) is 16.3 Å². The first-order valence-corrected chi connectivity index (χ1v) is 9.99. The molecule has 0 aliphatic carbocycles. The number of aliphatic hydroxyl groups is 1. The number of pyridine rings is 1. The number of carbonyl (C=O) groups excluding carboxylic acids is 1. The highest BCUT2D eigenvalue weighted by Gasteiger charge is 2.24. The number of carboxylic acid groups (broad SMARTS) is 1. The Morgan fingerprint density at radius 3 is 2.61 bits per heavy atom. The number of nitrogens with zero attached hydrogens (tertiary/aromatic N) is 1. The van der Waals surface area contributed by atoms with Gasteiger partial charge in [-0.1, -0.05) is 32.0 Å². The summed E-state index contributed by atoms with van der Waals surface area (Å²) in [6, 6.07) is 12.0. The molecule has 8 nitrogen and oxygen atoms in total. The summed E-state index contributed by atoms with van der Waals surface area (Å²) >= 11 is 0. The number of aliphatic carboxylic acids is 1. The van der Waals surface area contributed by atoms with Crippen molar-refractivity contribution in [1.82, 2.24) is 15.3 Å². The van der Waals surface area contributed by atoms with E-state index in [2.05, 4.69) is 15.3 Å². The van der Waals surface area contributed by atoms with Crippen LogP contribution >= 0.6 is 0 Å². The Morgan fingerprint density at radius 2 is 1.94 bits per heavy atom. The van der Waals surface area contributed by atoms with E-state index in [1.54, 1.807) is 26.0 Å². The zero-order valence-electron chi connectivity index (χ0n) is 17.2. The number of hydrogen-bond acceptors (Lipinski definition) is 5. The van der Waals surface area contributed by atoms with Crippen LogP contribution in [0.4, 0.5) is 0 Å². The van der Waals surface area contributed by atoms with Crippen molar-refractivity contribution in [1.29, 1.82) is 0 Å². The van der Waals surface area contributed by atoms with Gasteiger partial charge in [0.05, 0.1) is 17.6 Å². The molecule has 1 aromatic carbocycles. The molecular formula is C23H23N3O5. The molecule has 31 heavy (non-hydrogen) atoms. The van der Waals surface area contributed by atoms with Crippen molar-refractivity contribution in [3.05, 3.63) is 53.9 Å². The van der Waals surface area contributed by atoms with E-state index >= 15 is 0 Å². The number of aromatic amines is 1. The number of benzene rings is 1. The molecular weight excluding hydrogens is 398 g/mol. The van der Waals surface area contributed by atoms with Crippen molar-refractivity contribution >= 4 is 33.7 Å². The Bertz CT molecular complexity index is 1270. The molecule has 0 fully saturated rings. The summed E-state index contributed by atoms with van der Waals surface area (Å²) in [6.07, 6.45) is -0.0769. The second-order valence-corrected chi connectivity index (χ2v) is 7.78. The zero-order valence-corrected chi connectivity index (χ0v) is 17.2. The zero-order chi connectivity index (χ0) is 22.1. The smallest absolute Gasteiger partial charge is 0.326 e. The Morgan fingerprint density at radius 1 is 1.16 bits per heavy atom. The number of H-pyrrole nitrogens is 1. The molecule has 3 heterocycles. The van der Waals surface area contributed by atoms with Gasteiger partial charge < -0.3 is 24.9 Å². The Labute approximate surface area is 177 Å². The average Bonchev–Trinajstić information content (AvgIpc) is 3.36. The van der Waals surface area contributed by atoms with Gasteiger partial charge in [-0.3, -0.25) is 4.79 Å². The fourth-order valence-corrected chi connectivity index (χ4v) is 3.66. The normalized spacial score (nSPS) is 12.5. The van der Waals surface area contributed by atoms with Crippen LogP contribution in [-0.2, 0) is 22.6 Å². The molecule has 1 amide bonds. The Hall–Kier alpha value is -3.65. The fourth-order valence-electron chi connectivity index (χ4n) is 3.66. The van der Waals surface area contributed by atoms with Gasteiger partial charge in [0.2, 0.25) is 5.91 Å². The molecule has 8 heteroatoms. The molecule has 160 valence electrons. The van der Waals surface area contributed by atoms with Gasteiger partial charge in [0.15, 0.2) is 5.76 Å². The highest BCUT2D eigenvalue weighted by atomic mass is 16.4. The number of carbonyl (C=O) groups is 2. The minimum atomic E-state index is -1.07. The van der Waals surface area contributed by atoms with Crippen LogP contribution in [0.1, 0.15) is 25.3 Å². The maximum atomic E-state index is 12.6. The Balaban J connectivity index is 1.78. The molecule has 0 spiro atoms. The lowest BCUT2D eigenvalue weighted by molar-refractivity contribution is -0.143. The molecule has 0 radical (unpaired) electrons. The van der Waals surface area contributed by atoms with Gasteiger partial charge in [-0.15, -0.1) is 0 Å². The highest BCUT2D eigenvalue weighted by Crippen LogP contribution is 2.33. The van der Waals surface area contributed by atoms with E-state index in [0.29, 0.717) is 22.9 Å². The number of carboxylic acids is 1. The van der Waals surface area contributed by atoms with Gasteiger partial charge in [0.1, 0.15) is 24.1 Å². The molecule has 4 rings (SSSR count). The topological polar surface area (TPSA) is 128 Å². The fraction of sp³-hybridized carbons (Fsp3) is 0.261. The van der Waals surface area contributed by atoms with E-state index < -0.39 is 17.9 Å². The van der Waals surface area contributed by atoms with Crippen LogP contribution in [0.25, 0.3) is 33.3 Å². The minimum Gasteiger partial charge on any atom is -0.480 e. The average molecular weight is 421 g/mol. The van der Waals surface area contributed by atoms with Crippen molar-refractivity contribution < 1.29 is 24.2 Å². The van der Waals surface area contributed by atoms with Gasteiger partial charge >= 0.3 is 5.97 Å². The number of amides is 1. The number of aliphatic hydroxyl groups excluding tert-OH is 1. The molecule has 0 saturated heterocycles. The van der Waals surface area contributed by atoms with Crippen LogP contribution in [0.2, 0.25) is 0 Å². The lowest BCUT2D eigenvalue weighted by atomic mass is 10.0. The van der Waals surface area contributed by atoms with Crippen LogP contribution in [0.5, 0.6) is 0 Å². The van der Waals surface area contributed by atoms with E-state index in [4.69, 9.17) is 4.42 Å². The highest BCUT2D eigenvalue weighted by molar-refractivity contribution is 6.11. The molecule has 1 unspecified atom stereocenters. The number of aromatic nitrogens is 2. The van der Waals surface area contributed by atoms with Crippen molar-refractivity contribution in [2.75, 3.05) is 0 Å². The predicted molar refractivity (Wildman–Crippen MR) is 115 cm³/mol. The second kappa shape index (κ2) is 8.23. The standard InChI is InChI=1S/C23H23N3O5/c1-12(2)20(23(29)30)26-19(28)10-13-9-16-15-5-3-4-6-17(15)25-21(16)22(24-13)18-8-7-14(11-27)31-18/h3-9,12,20,25,27H,10-11H2,1-2H3,(H,26,28)(H,29,30). The first-order chi connectivity index (χ1) is 14.9.